The second-order valence-corrected chi connectivity index (χ2v) is 7.27. The molecule has 0 aliphatic rings. The second-order valence-electron chi connectivity index (χ2n) is 6.79. The lowest BCUT2D eigenvalue weighted by Crippen LogP contribution is -2.69. The van der Waals surface area contributed by atoms with Crippen molar-refractivity contribution in [2.45, 2.75) is 56.8 Å². The fraction of sp³-hybridized carbons (Fsp3) is 0.929. The largest absolute Gasteiger partial charge is 0.393 e. The lowest BCUT2D eigenvalue weighted by atomic mass is 9.97. The van der Waals surface area contributed by atoms with Gasteiger partial charge in [0.2, 0.25) is 0 Å². The average Bonchev–Trinajstić information content (AvgIpc) is 2.42. The quantitative estimate of drug-likeness (QED) is 0.342. The van der Waals surface area contributed by atoms with Gasteiger partial charge in [0.25, 0.3) is 5.91 Å². The first-order valence-electron chi connectivity index (χ1n) is 7.51. The summed E-state index contributed by atoms with van der Waals surface area (Å²) in [5.74, 6) is -32.0. The van der Waals surface area contributed by atoms with E-state index in [0.717, 1.165) is 0 Å². The SMILES string of the molecule is CC(C)CN(CC(C)C)C(=O)C(F)(F)C(F)(F)C(F)(F)C(F)(F)C(F)(F)Cl. The van der Waals surface area contributed by atoms with Crippen LogP contribution in [0.2, 0.25) is 0 Å². The minimum absolute atomic E-state index is 0.0936. The highest BCUT2D eigenvalue weighted by molar-refractivity contribution is 6.22. The van der Waals surface area contributed by atoms with E-state index < -0.39 is 59.9 Å². The van der Waals surface area contributed by atoms with Gasteiger partial charge in [-0.25, -0.2) is 0 Å². The zero-order valence-electron chi connectivity index (χ0n) is 14.6. The summed E-state index contributed by atoms with van der Waals surface area (Å²) in [4.78, 5) is 11.9. The Kier molecular flexibility index (Phi) is 7.55. The molecule has 0 N–H and O–H groups in total. The highest BCUT2D eigenvalue weighted by atomic mass is 35.5. The Morgan fingerprint density at radius 1 is 0.741 bits per heavy atom. The van der Waals surface area contributed by atoms with Crippen LogP contribution in [0.15, 0.2) is 0 Å². The Morgan fingerprint density at radius 2 is 1.07 bits per heavy atom. The number of hydrogen-bond acceptors (Lipinski definition) is 1. The summed E-state index contributed by atoms with van der Waals surface area (Å²) in [5.41, 5.74) is 0. The van der Waals surface area contributed by atoms with Crippen LogP contribution in [0, 0.1) is 11.8 Å². The third-order valence-electron chi connectivity index (χ3n) is 3.27. The molecule has 0 bridgehead atoms. The van der Waals surface area contributed by atoms with E-state index in [9.17, 15) is 48.7 Å². The molecule has 0 aromatic heterocycles. The zero-order chi connectivity index (χ0) is 22.2. The van der Waals surface area contributed by atoms with Gasteiger partial charge in [0, 0.05) is 13.1 Å². The molecule has 0 heterocycles. The highest BCUT2D eigenvalue weighted by Gasteiger charge is 2.87. The number of alkyl halides is 11. The predicted octanol–water partition coefficient (Wildman–Crippen LogP) is 5.50. The van der Waals surface area contributed by atoms with E-state index in [2.05, 4.69) is 11.6 Å². The van der Waals surface area contributed by atoms with Crippen LogP contribution in [0.5, 0.6) is 0 Å². The van der Waals surface area contributed by atoms with E-state index in [1.807, 2.05) is 0 Å². The van der Waals surface area contributed by atoms with E-state index in [1.54, 1.807) is 0 Å². The van der Waals surface area contributed by atoms with E-state index in [1.165, 1.54) is 27.7 Å². The van der Waals surface area contributed by atoms with Gasteiger partial charge in [-0.3, -0.25) is 4.79 Å². The average molecular weight is 442 g/mol. The van der Waals surface area contributed by atoms with Crippen molar-refractivity contribution in [1.82, 2.24) is 4.90 Å². The minimum atomic E-state index is -7.34. The molecule has 0 rings (SSSR count). The van der Waals surface area contributed by atoms with Gasteiger partial charge in [0.05, 0.1) is 0 Å². The van der Waals surface area contributed by atoms with Gasteiger partial charge in [0.15, 0.2) is 0 Å². The molecular weight excluding hydrogens is 424 g/mol. The van der Waals surface area contributed by atoms with Gasteiger partial charge in [0.1, 0.15) is 0 Å². The Hall–Kier alpha value is -0.940. The molecule has 0 saturated carbocycles. The third kappa shape index (κ3) is 4.73. The molecule has 0 aliphatic heterocycles. The van der Waals surface area contributed by atoms with E-state index >= 15 is 0 Å². The maximum Gasteiger partial charge on any atom is 0.393 e. The molecule has 0 aliphatic carbocycles. The molecule has 0 spiro atoms. The monoisotopic (exact) mass is 441 g/mol. The van der Waals surface area contributed by atoms with Crippen molar-refractivity contribution < 1.29 is 48.7 Å². The van der Waals surface area contributed by atoms with Crippen LogP contribution in [-0.2, 0) is 4.79 Å². The Balaban J connectivity index is 6.17. The molecule has 0 unspecified atom stereocenters. The molecule has 2 nitrogen and oxygen atoms in total. The van der Waals surface area contributed by atoms with Crippen LogP contribution in [0.4, 0.5) is 43.9 Å². The van der Waals surface area contributed by atoms with E-state index in [0.29, 0.717) is 0 Å². The van der Waals surface area contributed by atoms with Crippen molar-refractivity contribution in [3.05, 3.63) is 0 Å². The number of halogens is 11. The number of carbonyl (C=O) groups excluding carboxylic acids is 1. The smallest absolute Gasteiger partial charge is 0.337 e. The molecule has 0 aromatic carbocycles. The summed E-state index contributed by atoms with van der Waals surface area (Å²) in [6.45, 7) is 4.36. The van der Waals surface area contributed by atoms with Crippen molar-refractivity contribution >= 4 is 17.5 Å². The van der Waals surface area contributed by atoms with Gasteiger partial charge in [-0.15, -0.1) is 0 Å². The summed E-state index contributed by atoms with van der Waals surface area (Å²) < 4.78 is 133. The molecule has 0 saturated heterocycles. The van der Waals surface area contributed by atoms with Crippen molar-refractivity contribution in [1.29, 1.82) is 0 Å². The topological polar surface area (TPSA) is 20.3 Å². The molecule has 0 fully saturated rings. The second kappa shape index (κ2) is 7.82. The standard InChI is InChI=1S/C14H18ClF10NO/c1-7(2)5-26(6-8(3)4)9(27)10(16,17)11(18,19)12(20,21)13(22,23)14(15,24)25/h7-8H,5-6H2,1-4H3. The van der Waals surface area contributed by atoms with Gasteiger partial charge in [-0.05, 0) is 23.4 Å². The van der Waals surface area contributed by atoms with Gasteiger partial charge < -0.3 is 4.90 Å². The fourth-order valence-electron chi connectivity index (χ4n) is 2.03. The third-order valence-corrected chi connectivity index (χ3v) is 3.50. The molecule has 13 heteroatoms. The Bertz CT molecular complexity index is 520. The fourth-order valence-corrected chi connectivity index (χ4v) is 2.15. The zero-order valence-corrected chi connectivity index (χ0v) is 15.3. The molecule has 162 valence electrons. The number of amides is 1. The molecule has 1 amide bonds. The van der Waals surface area contributed by atoms with Crippen molar-refractivity contribution in [3.63, 3.8) is 0 Å². The lowest BCUT2D eigenvalue weighted by Gasteiger charge is -2.39. The molecule has 27 heavy (non-hydrogen) atoms. The highest BCUT2D eigenvalue weighted by Crippen LogP contribution is 2.58. The Labute approximate surface area is 153 Å². The molecule has 0 radical (unpaired) electrons. The van der Waals surface area contributed by atoms with Gasteiger partial charge >= 0.3 is 29.1 Å². The van der Waals surface area contributed by atoms with Crippen LogP contribution in [0.25, 0.3) is 0 Å². The maximum atomic E-state index is 13.9. The first kappa shape index (κ1) is 26.1. The van der Waals surface area contributed by atoms with E-state index in [-0.39, 0.29) is 4.90 Å². The number of rotatable bonds is 9. The van der Waals surface area contributed by atoms with Gasteiger partial charge in [-0.2, -0.15) is 43.9 Å². The van der Waals surface area contributed by atoms with Crippen LogP contribution in [0.1, 0.15) is 27.7 Å². The van der Waals surface area contributed by atoms with Crippen LogP contribution in [0.3, 0.4) is 0 Å². The molecule has 0 aromatic rings. The van der Waals surface area contributed by atoms with Crippen LogP contribution in [-0.4, -0.2) is 53.0 Å². The van der Waals surface area contributed by atoms with E-state index in [4.69, 9.17) is 0 Å². The molecular formula is C14H18ClF10NO. The predicted molar refractivity (Wildman–Crippen MR) is 76.8 cm³/mol. The van der Waals surface area contributed by atoms with Crippen molar-refractivity contribution in [2.75, 3.05) is 13.1 Å². The summed E-state index contributed by atoms with van der Waals surface area (Å²) >= 11 is 3.71. The Morgan fingerprint density at radius 3 is 1.33 bits per heavy atom. The van der Waals surface area contributed by atoms with Crippen molar-refractivity contribution in [3.8, 4) is 0 Å². The summed E-state index contributed by atoms with van der Waals surface area (Å²) in [6.07, 6.45) is 0. The maximum absolute atomic E-state index is 13.9. The number of carbonyl (C=O) groups is 1. The van der Waals surface area contributed by atoms with Gasteiger partial charge in [-0.1, -0.05) is 27.7 Å². The number of hydrogen-bond donors (Lipinski definition) is 0. The van der Waals surface area contributed by atoms with Crippen LogP contribution >= 0.6 is 11.6 Å². The van der Waals surface area contributed by atoms with Crippen LogP contribution < -0.4 is 0 Å². The normalized spacial score (nSPS) is 14.9. The number of nitrogens with zero attached hydrogens (tertiary/aromatic N) is 1. The summed E-state index contributed by atoms with van der Waals surface area (Å²) in [6, 6.07) is 0. The summed E-state index contributed by atoms with van der Waals surface area (Å²) in [5, 5.41) is -6.28. The first-order valence-corrected chi connectivity index (χ1v) is 7.89. The molecule has 0 atom stereocenters. The first-order chi connectivity index (χ1) is 11.6. The summed E-state index contributed by atoms with van der Waals surface area (Å²) in [7, 11) is 0. The lowest BCUT2D eigenvalue weighted by molar-refractivity contribution is -0.383. The minimum Gasteiger partial charge on any atom is -0.337 e. The van der Waals surface area contributed by atoms with Crippen molar-refractivity contribution in [2.24, 2.45) is 11.8 Å².